The van der Waals surface area contributed by atoms with Crippen LogP contribution in [-0.4, -0.2) is 38.7 Å². The lowest BCUT2D eigenvalue weighted by Crippen LogP contribution is -2.41. The van der Waals surface area contributed by atoms with E-state index in [1.807, 2.05) is 18.2 Å². The van der Waals surface area contributed by atoms with Crippen LogP contribution < -0.4 is 0 Å². The molecule has 2 heterocycles. The fraction of sp³-hybridized carbons (Fsp3) is 0.385. The average molecular weight is 258 g/mol. The van der Waals surface area contributed by atoms with Gasteiger partial charge in [-0.15, -0.1) is 5.10 Å². The molecule has 1 aliphatic rings. The van der Waals surface area contributed by atoms with Crippen molar-refractivity contribution >= 4 is 22.8 Å². The Morgan fingerprint density at radius 1 is 1.21 bits per heavy atom. The molecule has 19 heavy (non-hydrogen) atoms. The summed E-state index contributed by atoms with van der Waals surface area (Å²) in [5.74, 6) is -0.113. The lowest BCUT2D eigenvalue weighted by atomic mass is 10.1. The van der Waals surface area contributed by atoms with Gasteiger partial charge < -0.3 is 0 Å². The maximum absolute atomic E-state index is 11.7. The minimum Gasteiger partial charge on any atom is -0.282 e. The van der Waals surface area contributed by atoms with E-state index in [1.165, 1.54) is 4.90 Å². The Bertz CT molecular complexity index is 618. The summed E-state index contributed by atoms with van der Waals surface area (Å²) in [4.78, 5) is 24.7. The van der Waals surface area contributed by atoms with Crippen molar-refractivity contribution in [1.29, 1.82) is 0 Å². The SMILES string of the molecule is O=C1CCCC(=O)N1CCc1ccc2[nH]nnc2c1. The molecule has 0 aliphatic carbocycles. The number of carbonyl (C=O) groups excluding carboxylic acids is 2. The molecule has 1 saturated heterocycles. The number of hydrogen-bond acceptors (Lipinski definition) is 4. The number of benzene rings is 1. The minimum atomic E-state index is -0.0567. The van der Waals surface area contributed by atoms with E-state index in [2.05, 4.69) is 15.4 Å². The lowest BCUT2D eigenvalue weighted by Gasteiger charge is -2.24. The number of nitrogens with one attached hydrogen (secondary N) is 1. The van der Waals surface area contributed by atoms with Gasteiger partial charge in [0.1, 0.15) is 5.52 Å². The Morgan fingerprint density at radius 3 is 2.79 bits per heavy atom. The summed E-state index contributed by atoms with van der Waals surface area (Å²) in [7, 11) is 0. The molecule has 1 fully saturated rings. The molecule has 0 unspecified atom stereocenters. The molecule has 2 amide bonds. The zero-order chi connectivity index (χ0) is 13.2. The third kappa shape index (κ3) is 2.33. The largest absolute Gasteiger partial charge is 0.282 e. The zero-order valence-electron chi connectivity index (χ0n) is 10.4. The van der Waals surface area contributed by atoms with Crippen LogP contribution in [-0.2, 0) is 16.0 Å². The van der Waals surface area contributed by atoms with E-state index < -0.39 is 0 Å². The summed E-state index contributed by atoms with van der Waals surface area (Å²) in [5.41, 5.74) is 2.73. The number of H-pyrrole nitrogens is 1. The van der Waals surface area contributed by atoms with Crippen LogP contribution in [0.25, 0.3) is 11.0 Å². The molecule has 1 aromatic heterocycles. The first-order valence-electron chi connectivity index (χ1n) is 6.37. The minimum absolute atomic E-state index is 0.0567. The van der Waals surface area contributed by atoms with Gasteiger partial charge in [-0.3, -0.25) is 19.6 Å². The maximum atomic E-state index is 11.7. The predicted molar refractivity (Wildman–Crippen MR) is 68.2 cm³/mol. The molecule has 0 spiro atoms. The second kappa shape index (κ2) is 4.79. The number of fused-ring (bicyclic) bond motifs is 1. The Balaban J connectivity index is 1.71. The Kier molecular flexibility index (Phi) is 2.98. The molecule has 2 aromatic rings. The number of hydrogen-bond donors (Lipinski definition) is 1. The summed E-state index contributed by atoms with van der Waals surface area (Å²) < 4.78 is 0. The third-order valence-electron chi connectivity index (χ3n) is 3.40. The smallest absolute Gasteiger partial charge is 0.229 e. The highest BCUT2D eigenvalue weighted by molar-refractivity contribution is 5.97. The van der Waals surface area contributed by atoms with Crippen LogP contribution in [0.2, 0.25) is 0 Å². The van der Waals surface area contributed by atoms with Crippen molar-refractivity contribution in [2.75, 3.05) is 6.54 Å². The van der Waals surface area contributed by atoms with E-state index in [0.717, 1.165) is 16.6 Å². The van der Waals surface area contributed by atoms with Crippen molar-refractivity contribution in [3.63, 3.8) is 0 Å². The second-order valence-corrected chi connectivity index (χ2v) is 4.71. The number of rotatable bonds is 3. The van der Waals surface area contributed by atoms with Gasteiger partial charge in [-0.05, 0) is 30.5 Å². The van der Waals surface area contributed by atoms with Crippen molar-refractivity contribution in [1.82, 2.24) is 20.3 Å². The number of carbonyl (C=O) groups is 2. The standard InChI is InChI=1S/C13H14N4O2/c18-12-2-1-3-13(19)17(12)7-6-9-4-5-10-11(8-9)15-16-14-10/h4-5,8H,1-3,6-7H2,(H,14,15,16). The van der Waals surface area contributed by atoms with Crippen LogP contribution in [0.1, 0.15) is 24.8 Å². The Morgan fingerprint density at radius 2 is 2.00 bits per heavy atom. The highest BCUT2D eigenvalue weighted by Gasteiger charge is 2.25. The van der Waals surface area contributed by atoms with Crippen molar-refractivity contribution in [3.8, 4) is 0 Å². The molecule has 0 radical (unpaired) electrons. The molecule has 0 atom stereocenters. The van der Waals surface area contributed by atoms with E-state index in [-0.39, 0.29) is 11.8 Å². The zero-order valence-corrected chi connectivity index (χ0v) is 10.4. The van der Waals surface area contributed by atoms with Gasteiger partial charge in [0.15, 0.2) is 0 Å². The van der Waals surface area contributed by atoms with Crippen molar-refractivity contribution < 1.29 is 9.59 Å². The van der Waals surface area contributed by atoms with Gasteiger partial charge in [-0.25, -0.2) is 0 Å². The van der Waals surface area contributed by atoms with Crippen molar-refractivity contribution in [2.24, 2.45) is 0 Å². The molecule has 6 nitrogen and oxygen atoms in total. The highest BCUT2D eigenvalue weighted by Crippen LogP contribution is 2.15. The number of nitrogens with zero attached hydrogens (tertiary/aromatic N) is 3. The van der Waals surface area contributed by atoms with Gasteiger partial charge in [0, 0.05) is 19.4 Å². The fourth-order valence-electron chi connectivity index (χ4n) is 2.33. The van der Waals surface area contributed by atoms with Gasteiger partial charge in [0.05, 0.1) is 5.52 Å². The first kappa shape index (κ1) is 11.8. The maximum Gasteiger partial charge on any atom is 0.229 e. The van der Waals surface area contributed by atoms with E-state index >= 15 is 0 Å². The molecular formula is C13H14N4O2. The first-order valence-corrected chi connectivity index (χ1v) is 6.37. The quantitative estimate of drug-likeness (QED) is 0.834. The number of piperidine rings is 1. The number of amides is 2. The number of aromatic nitrogens is 3. The van der Waals surface area contributed by atoms with Crippen LogP contribution >= 0.6 is 0 Å². The Hall–Kier alpha value is -2.24. The Labute approximate surface area is 109 Å². The van der Waals surface area contributed by atoms with Gasteiger partial charge in [-0.1, -0.05) is 11.3 Å². The summed E-state index contributed by atoms with van der Waals surface area (Å²) in [6.07, 6.45) is 2.29. The molecule has 0 bridgehead atoms. The summed E-state index contributed by atoms with van der Waals surface area (Å²) in [6, 6.07) is 5.79. The molecule has 6 heteroatoms. The summed E-state index contributed by atoms with van der Waals surface area (Å²) in [5, 5.41) is 10.5. The molecular weight excluding hydrogens is 244 g/mol. The number of aromatic amines is 1. The van der Waals surface area contributed by atoms with E-state index in [9.17, 15) is 9.59 Å². The fourth-order valence-corrected chi connectivity index (χ4v) is 2.33. The molecule has 1 N–H and O–H groups in total. The van der Waals surface area contributed by atoms with Crippen molar-refractivity contribution in [2.45, 2.75) is 25.7 Å². The molecule has 1 aliphatic heterocycles. The van der Waals surface area contributed by atoms with Gasteiger partial charge in [0.2, 0.25) is 11.8 Å². The average Bonchev–Trinajstić information content (AvgIpc) is 2.85. The normalized spacial score (nSPS) is 16.3. The molecule has 98 valence electrons. The van der Waals surface area contributed by atoms with Crippen LogP contribution in [0.4, 0.5) is 0 Å². The predicted octanol–water partition coefficient (Wildman–Crippen LogP) is 1.04. The topological polar surface area (TPSA) is 79.0 Å². The van der Waals surface area contributed by atoms with Crippen LogP contribution in [0.3, 0.4) is 0 Å². The van der Waals surface area contributed by atoms with E-state index in [0.29, 0.717) is 32.2 Å². The number of likely N-dealkylation sites (tertiary alicyclic amines) is 1. The second-order valence-electron chi connectivity index (χ2n) is 4.71. The summed E-state index contributed by atoms with van der Waals surface area (Å²) >= 11 is 0. The van der Waals surface area contributed by atoms with E-state index in [1.54, 1.807) is 0 Å². The lowest BCUT2D eigenvalue weighted by molar-refractivity contribution is -0.147. The first-order chi connectivity index (χ1) is 9.24. The van der Waals surface area contributed by atoms with Gasteiger partial charge >= 0.3 is 0 Å². The molecule has 1 aromatic carbocycles. The monoisotopic (exact) mass is 258 g/mol. The molecule has 3 rings (SSSR count). The highest BCUT2D eigenvalue weighted by atomic mass is 16.2. The van der Waals surface area contributed by atoms with Crippen molar-refractivity contribution in [3.05, 3.63) is 23.8 Å². The van der Waals surface area contributed by atoms with E-state index in [4.69, 9.17) is 0 Å². The van der Waals surface area contributed by atoms with Crippen LogP contribution in [0.15, 0.2) is 18.2 Å². The van der Waals surface area contributed by atoms with Crippen LogP contribution in [0, 0.1) is 0 Å². The molecule has 0 saturated carbocycles. The summed E-state index contributed by atoms with van der Waals surface area (Å²) in [6.45, 7) is 0.445. The van der Waals surface area contributed by atoms with Crippen LogP contribution in [0.5, 0.6) is 0 Å². The van der Waals surface area contributed by atoms with Gasteiger partial charge in [-0.2, -0.15) is 0 Å². The van der Waals surface area contributed by atoms with Gasteiger partial charge in [0.25, 0.3) is 0 Å². The third-order valence-corrected chi connectivity index (χ3v) is 3.40. The number of imide groups is 1.